The maximum Gasteiger partial charge on any atom is 0.271 e. The molecule has 4 heterocycles. The van der Waals surface area contributed by atoms with Gasteiger partial charge in [0.25, 0.3) is 5.91 Å². The standard InChI is InChI=1S/C27H40N4O2S/c1-19-8-10-21(11-9-19)28-26(33)27(3)18-30-22-12-16-34-24(22)17-23(30)25(32)31(27)15-6-14-29-13-5-4-7-20(29)2/h12,16-17,19-21H,4-11,13-15,18H2,1-3H3,(H,28,33)/t19?,20-,21?,27-/m1/s1. The van der Waals surface area contributed by atoms with E-state index in [1.807, 2.05) is 17.9 Å². The molecule has 0 aromatic carbocycles. The van der Waals surface area contributed by atoms with Crippen molar-refractivity contribution in [2.75, 3.05) is 19.6 Å². The number of fused-ring (bicyclic) bond motifs is 3. The van der Waals surface area contributed by atoms with Crippen LogP contribution >= 0.6 is 11.3 Å². The molecule has 0 bridgehead atoms. The molecule has 2 atom stereocenters. The van der Waals surface area contributed by atoms with E-state index in [2.05, 4.69) is 40.1 Å². The predicted octanol–water partition coefficient (Wildman–Crippen LogP) is 4.88. The highest BCUT2D eigenvalue weighted by Gasteiger charge is 2.48. The Morgan fingerprint density at radius 2 is 1.94 bits per heavy atom. The highest BCUT2D eigenvalue weighted by atomic mass is 32.1. The van der Waals surface area contributed by atoms with E-state index in [9.17, 15) is 9.59 Å². The molecule has 186 valence electrons. The number of hydrogen-bond acceptors (Lipinski definition) is 4. The number of nitrogens with zero attached hydrogens (tertiary/aromatic N) is 3. The second-order valence-corrected chi connectivity index (χ2v) is 12.1. The second kappa shape index (κ2) is 9.65. The molecular weight excluding hydrogens is 444 g/mol. The lowest BCUT2D eigenvalue weighted by Crippen LogP contribution is -2.65. The van der Waals surface area contributed by atoms with Gasteiger partial charge in [0.1, 0.15) is 11.2 Å². The maximum atomic E-state index is 13.8. The van der Waals surface area contributed by atoms with E-state index < -0.39 is 5.54 Å². The van der Waals surface area contributed by atoms with Crippen molar-refractivity contribution in [3.05, 3.63) is 23.2 Å². The monoisotopic (exact) mass is 484 g/mol. The molecule has 1 N–H and O–H groups in total. The first-order valence-electron chi connectivity index (χ1n) is 13.3. The summed E-state index contributed by atoms with van der Waals surface area (Å²) in [5.74, 6) is 0.744. The van der Waals surface area contributed by atoms with Crippen molar-refractivity contribution >= 4 is 33.4 Å². The van der Waals surface area contributed by atoms with Gasteiger partial charge in [-0.25, -0.2) is 0 Å². The van der Waals surface area contributed by atoms with Gasteiger partial charge in [0.05, 0.1) is 16.8 Å². The van der Waals surface area contributed by atoms with Gasteiger partial charge in [-0.15, -0.1) is 11.3 Å². The molecule has 34 heavy (non-hydrogen) atoms. The van der Waals surface area contributed by atoms with Gasteiger partial charge in [-0.1, -0.05) is 13.3 Å². The van der Waals surface area contributed by atoms with Crippen molar-refractivity contribution in [2.24, 2.45) is 5.92 Å². The van der Waals surface area contributed by atoms with Gasteiger partial charge >= 0.3 is 0 Å². The summed E-state index contributed by atoms with van der Waals surface area (Å²) in [6.45, 7) is 9.86. The number of carbonyl (C=O) groups is 2. The molecule has 0 unspecified atom stereocenters. The molecule has 0 radical (unpaired) electrons. The van der Waals surface area contributed by atoms with Crippen LogP contribution in [0, 0.1) is 5.92 Å². The lowest BCUT2D eigenvalue weighted by Gasteiger charge is -2.45. The second-order valence-electron chi connectivity index (χ2n) is 11.2. The predicted molar refractivity (Wildman–Crippen MR) is 138 cm³/mol. The van der Waals surface area contributed by atoms with Crippen LogP contribution in [0.25, 0.3) is 10.2 Å². The first-order valence-corrected chi connectivity index (χ1v) is 14.2. The third-order valence-corrected chi connectivity index (χ3v) is 9.51. The number of rotatable bonds is 6. The number of aromatic nitrogens is 1. The highest BCUT2D eigenvalue weighted by Crippen LogP contribution is 2.35. The molecule has 2 aromatic heterocycles. The van der Waals surface area contributed by atoms with E-state index in [1.165, 1.54) is 19.3 Å². The summed E-state index contributed by atoms with van der Waals surface area (Å²) in [5.41, 5.74) is 0.916. The molecule has 2 aromatic rings. The van der Waals surface area contributed by atoms with Crippen molar-refractivity contribution in [3.8, 4) is 0 Å². The molecule has 5 rings (SSSR count). The van der Waals surface area contributed by atoms with Gasteiger partial charge in [0, 0.05) is 25.2 Å². The first kappa shape index (κ1) is 23.9. The molecule has 0 spiro atoms. The van der Waals surface area contributed by atoms with Crippen molar-refractivity contribution in [2.45, 2.75) is 96.3 Å². The number of likely N-dealkylation sites (tertiary alicyclic amines) is 1. The topological polar surface area (TPSA) is 57.6 Å². The first-order chi connectivity index (χ1) is 16.4. The quantitative estimate of drug-likeness (QED) is 0.636. The zero-order chi connectivity index (χ0) is 23.9. The number of thiophene rings is 1. The molecule has 6 nitrogen and oxygen atoms in total. The maximum absolute atomic E-state index is 13.8. The minimum atomic E-state index is -0.880. The summed E-state index contributed by atoms with van der Waals surface area (Å²) < 4.78 is 3.20. The Labute approximate surface area is 207 Å². The lowest BCUT2D eigenvalue weighted by molar-refractivity contribution is -0.133. The molecule has 1 aliphatic carbocycles. The summed E-state index contributed by atoms with van der Waals surface area (Å²) in [4.78, 5) is 32.1. The van der Waals surface area contributed by atoms with Crippen LogP contribution in [0.1, 0.15) is 82.6 Å². The largest absolute Gasteiger partial charge is 0.351 e. The van der Waals surface area contributed by atoms with E-state index in [1.54, 1.807) is 11.3 Å². The van der Waals surface area contributed by atoms with E-state index in [0.717, 1.165) is 67.0 Å². The Morgan fingerprint density at radius 1 is 1.15 bits per heavy atom. The Hall–Kier alpha value is -1.86. The summed E-state index contributed by atoms with van der Waals surface area (Å²) in [6, 6.07) is 4.92. The Bertz CT molecular complexity index is 1040. The number of amides is 2. The summed E-state index contributed by atoms with van der Waals surface area (Å²) in [6.07, 6.45) is 9.12. The zero-order valence-corrected chi connectivity index (χ0v) is 21.8. The van der Waals surface area contributed by atoms with E-state index in [4.69, 9.17) is 0 Å². The van der Waals surface area contributed by atoms with Gasteiger partial charge in [0.15, 0.2) is 0 Å². The van der Waals surface area contributed by atoms with Crippen LogP contribution in [0.15, 0.2) is 17.5 Å². The van der Waals surface area contributed by atoms with Crippen molar-refractivity contribution < 1.29 is 9.59 Å². The number of nitrogens with one attached hydrogen (secondary N) is 1. The molecule has 2 amide bonds. The molecule has 7 heteroatoms. The number of piperidine rings is 1. The molecule has 2 aliphatic heterocycles. The smallest absolute Gasteiger partial charge is 0.271 e. The van der Waals surface area contributed by atoms with Crippen LogP contribution in [0.2, 0.25) is 0 Å². The van der Waals surface area contributed by atoms with Crippen LogP contribution in [0.3, 0.4) is 0 Å². The van der Waals surface area contributed by atoms with Gasteiger partial charge in [-0.2, -0.15) is 0 Å². The average Bonchev–Trinajstić information content (AvgIpc) is 3.41. The third kappa shape index (κ3) is 4.41. The molecule has 1 saturated heterocycles. The van der Waals surface area contributed by atoms with Gasteiger partial charge in [-0.05, 0) is 88.8 Å². The van der Waals surface area contributed by atoms with Crippen LogP contribution in [-0.2, 0) is 11.3 Å². The fourth-order valence-electron chi connectivity index (χ4n) is 6.29. The van der Waals surface area contributed by atoms with Crippen LogP contribution < -0.4 is 5.32 Å². The van der Waals surface area contributed by atoms with Gasteiger partial charge in [0.2, 0.25) is 5.91 Å². The third-order valence-electron chi connectivity index (χ3n) is 8.66. The van der Waals surface area contributed by atoms with E-state index in [-0.39, 0.29) is 17.9 Å². The Morgan fingerprint density at radius 3 is 2.71 bits per heavy atom. The molecule has 2 fully saturated rings. The van der Waals surface area contributed by atoms with Crippen molar-refractivity contribution in [3.63, 3.8) is 0 Å². The highest BCUT2D eigenvalue weighted by molar-refractivity contribution is 7.17. The number of carbonyl (C=O) groups excluding carboxylic acids is 2. The number of hydrogen-bond donors (Lipinski definition) is 1. The average molecular weight is 485 g/mol. The fourth-order valence-corrected chi connectivity index (χ4v) is 7.11. The minimum absolute atomic E-state index is 0.00346. The Kier molecular flexibility index (Phi) is 6.77. The lowest BCUT2D eigenvalue weighted by atomic mass is 9.86. The fraction of sp³-hybridized carbons (Fsp3) is 0.704. The normalized spacial score (nSPS) is 30.5. The van der Waals surface area contributed by atoms with Gasteiger partial charge in [-0.3, -0.25) is 9.59 Å². The molecule has 3 aliphatic rings. The van der Waals surface area contributed by atoms with Crippen molar-refractivity contribution in [1.82, 2.24) is 19.7 Å². The van der Waals surface area contributed by atoms with Crippen LogP contribution in [-0.4, -0.2) is 63.4 Å². The van der Waals surface area contributed by atoms with Crippen molar-refractivity contribution in [1.29, 1.82) is 0 Å². The van der Waals surface area contributed by atoms with E-state index in [0.29, 0.717) is 19.1 Å². The van der Waals surface area contributed by atoms with Crippen LogP contribution in [0.5, 0.6) is 0 Å². The summed E-state index contributed by atoms with van der Waals surface area (Å²) in [5, 5.41) is 5.42. The summed E-state index contributed by atoms with van der Waals surface area (Å²) >= 11 is 1.66. The van der Waals surface area contributed by atoms with Crippen LogP contribution in [0.4, 0.5) is 0 Å². The zero-order valence-electron chi connectivity index (χ0n) is 21.0. The molecule has 1 saturated carbocycles. The molecular formula is C27H40N4O2S. The minimum Gasteiger partial charge on any atom is -0.351 e. The Balaban J connectivity index is 1.37. The van der Waals surface area contributed by atoms with Gasteiger partial charge < -0.3 is 19.7 Å². The SMILES string of the molecule is CC1CCC(NC(=O)[C@@]2(C)Cn3c(cc4sccc43)C(=O)N2CCCN2CCCC[C@H]2C)CC1. The van der Waals surface area contributed by atoms with E-state index >= 15 is 0 Å². The summed E-state index contributed by atoms with van der Waals surface area (Å²) in [7, 11) is 0.